The summed E-state index contributed by atoms with van der Waals surface area (Å²) in [6.07, 6.45) is 5.56. The molecule has 1 aliphatic carbocycles. The molecule has 0 bridgehead atoms. The summed E-state index contributed by atoms with van der Waals surface area (Å²) >= 11 is 0. The van der Waals surface area contributed by atoms with E-state index in [-0.39, 0.29) is 31.7 Å². The number of methoxy groups -OCH3 is 1. The zero-order valence-corrected chi connectivity index (χ0v) is 23.6. The first-order valence-electron chi connectivity index (χ1n) is 13.8. The molecule has 37 heavy (non-hydrogen) atoms. The van der Waals surface area contributed by atoms with Crippen molar-refractivity contribution in [2.75, 3.05) is 79.2 Å². The molecule has 0 spiro atoms. The van der Waals surface area contributed by atoms with Crippen molar-refractivity contribution < 1.29 is 22.7 Å². The second-order valence-corrected chi connectivity index (χ2v) is 12.4. The lowest BCUT2D eigenvalue weighted by Gasteiger charge is -2.35. The van der Waals surface area contributed by atoms with E-state index in [1.54, 1.807) is 37.4 Å². The molecule has 0 aromatic heterocycles. The molecule has 2 saturated heterocycles. The van der Waals surface area contributed by atoms with Gasteiger partial charge in [-0.15, -0.1) is 0 Å². The Hall–Kier alpha value is -1.72. The van der Waals surface area contributed by atoms with E-state index in [0.29, 0.717) is 21.8 Å². The molecule has 2 aliphatic heterocycles. The van der Waals surface area contributed by atoms with E-state index in [4.69, 9.17) is 9.47 Å². The fourth-order valence-corrected chi connectivity index (χ4v) is 7.65. The largest absolute Gasteiger partial charge is 0.497 e. The minimum atomic E-state index is -3.67. The molecule has 2 heterocycles. The molecule has 1 amide bonds. The molecule has 3 fully saturated rings. The molecule has 9 nitrogen and oxygen atoms in total. The number of carbonyl (C=O) groups is 1. The zero-order valence-electron chi connectivity index (χ0n) is 22.8. The van der Waals surface area contributed by atoms with Gasteiger partial charge in [-0.1, -0.05) is 0 Å². The summed E-state index contributed by atoms with van der Waals surface area (Å²) in [7, 11) is -2.09. The highest BCUT2D eigenvalue weighted by atomic mass is 32.2. The molecule has 10 heteroatoms. The third-order valence-electron chi connectivity index (χ3n) is 7.74. The van der Waals surface area contributed by atoms with Crippen molar-refractivity contribution in [2.24, 2.45) is 0 Å². The van der Waals surface area contributed by atoms with Crippen LogP contribution in [0.2, 0.25) is 0 Å². The van der Waals surface area contributed by atoms with E-state index in [9.17, 15) is 13.2 Å². The molecule has 208 valence electrons. The fraction of sp³-hybridized carbons (Fsp3) is 0.741. The van der Waals surface area contributed by atoms with Crippen molar-refractivity contribution in [3.63, 3.8) is 0 Å². The molecule has 1 saturated carbocycles. The lowest BCUT2D eigenvalue weighted by Crippen LogP contribution is -2.50. The number of aryl methyl sites for hydroxylation is 2. The number of hydrogen-bond acceptors (Lipinski definition) is 7. The quantitative estimate of drug-likeness (QED) is 0.357. The Balaban J connectivity index is 1.20. The van der Waals surface area contributed by atoms with Crippen LogP contribution in [0.5, 0.6) is 5.75 Å². The van der Waals surface area contributed by atoms with Gasteiger partial charge in [0, 0.05) is 38.8 Å². The van der Waals surface area contributed by atoms with Crippen LogP contribution >= 0.6 is 0 Å². The average molecular weight is 537 g/mol. The SMILES string of the molecule is COc1cc(C)c(S(=O)(=O)N(CCOCC(=O)N2CCN(CCCN3CCCC3)CC2)C2CC2)c(C)c1. The van der Waals surface area contributed by atoms with Crippen molar-refractivity contribution in [2.45, 2.75) is 56.9 Å². The van der Waals surface area contributed by atoms with Gasteiger partial charge in [0.15, 0.2) is 0 Å². The first-order chi connectivity index (χ1) is 17.8. The maximum Gasteiger partial charge on any atom is 0.248 e. The van der Waals surface area contributed by atoms with Crippen molar-refractivity contribution in [1.82, 2.24) is 19.0 Å². The summed E-state index contributed by atoms with van der Waals surface area (Å²) in [4.78, 5) is 19.9. The normalized spacial score (nSPS) is 19.6. The summed E-state index contributed by atoms with van der Waals surface area (Å²) in [5, 5.41) is 0. The van der Waals surface area contributed by atoms with E-state index in [2.05, 4.69) is 9.80 Å². The van der Waals surface area contributed by atoms with Crippen LogP contribution in [-0.2, 0) is 19.6 Å². The Kier molecular flexibility index (Phi) is 9.85. The Morgan fingerprint density at radius 3 is 2.14 bits per heavy atom. The number of sulfonamides is 1. The highest BCUT2D eigenvalue weighted by Crippen LogP contribution is 2.35. The third kappa shape index (κ3) is 7.44. The lowest BCUT2D eigenvalue weighted by atomic mass is 10.1. The van der Waals surface area contributed by atoms with Crippen molar-refractivity contribution in [1.29, 1.82) is 0 Å². The van der Waals surface area contributed by atoms with E-state index in [1.807, 2.05) is 4.90 Å². The summed E-state index contributed by atoms with van der Waals surface area (Å²) in [5.41, 5.74) is 1.35. The Morgan fingerprint density at radius 2 is 1.57 bits per heavy atom. The number of hydrogen-bond donors (Lipinski definition) is 0. The number of piperazine rings is 1. The minimum Gasteiger partial charge on any atom is -0.497 e. The number of amides is 1. The maximum absolute atomic E-state index is 13.6. The number of likely N-dealkylation sites (tertiary alicyclic amines) is 1. The van der Waals surface area contributed by atoms with Crippen LogP contribution in [0.1, 0.15) is 43.2 Å². The maximum atomic E-state index is 13.6. The number of carbonyl (C=O) groups excluding carboxylic acids is 1. The first kappa shape index (κ1) is 28.3. The van der Waals surface area contributed by atoms with Crippen LogP contribution < -0.4 is 4.74 Å². The van der Waals surface area contributed by atoms with Gasteiger partial charge in [0.1, 0.15) is 12.4 Å². The van der Waals surface area contributed by atoms with E-state index in [0.717, 1.165) is 45.6 Å². The van der Waals surface area contributed by atoms with Gasteiger partial charge in [0.25, 0.3) is 0 Å². The third-order valence-corrected chi connectivity index (χ3v) is 10.0. The Morgan fingerprint density at radius 1 is 0.973 bits per heavy atom. The van der Waals surface area contributed by atoms with Crippen molar-refractivity contribution in [3.8, 4) is 5.75 Å². The zero-order chi connectivity index (χ0) is 26.4. The molecule has 0 N–H and O–H groups in total. The molecule has 1 aromatic rings. The molecule has 4 rings (SSSR count). The Labute approximate surface area is 222 Å². The predicted octanol–water partition coefficient (Wildman–Crippen LogP) is 2.11. The average Bonchev–Trinajstić information content (AvgIpc) is 3.57. The summed E-state index contributed by atoms with van der Waals surface area (Å²) < 4.78 is 39.7. The van der Waals surface area contributed by atoms with Gasteiger partial charge >= 0.3 is 0 Å². The van der Waals surface area contributed by atoms with Gasteiger partial charge < -0.3 is 19.3 Å². The van der Waals surface area contributed by atoms with Gasteiger partial charge in [0.2, 0.25) is 15.9 Å². The van der Waals surface area contributed by atoms with Crippen molar-refractivity contribution in [3.05, 3.63) is 23.3 Å². The molecule has 0 radical (unpaired) electrons. The molecular weight excluding hydrogens is 492 g/mol. The number of benzene rings is 1. The number of rotatable bonds is 13. The van der Waals surface area contributed by atoms with Crippen LogP contribution in [-0.4, -0.2) is 119 Å². The van der Waals surface area contributed by atoms with E-state index < -0.39 is 10.0 Å². The standard InChI is InChI=1S/C27H44N4O5S/c1-22-19-25(35-3)20-23(2)27(22)37(33,34)31(24-7-8-24)17-18-36-21-26(32)30-15-13-29(14-16-30)12-6-11-28-9-4-5-10-28/h19-20,24H,4-18,21H2,1-3H3. The van der Waals surface area contributed by atoms with Gasteiger partial charge in [0.05, 0.1) is 18.6 Å². The predicted molar refractivity (Wildman–Crippen MR) is 144 cm³/mol. The van der Waals surface area contributed by atoms with E-state index >= 15 is 0 Å². The molecule has 0 unspecified atom stereocenters. The number of ether oxygens (including phenoxy) is 2. The van der Waals surface area contributed by atoms with Crippen LogP contribution in [0.15, 0.2) is 17.0 Å². The summed E-state index contributed by atoms with van der Waals surface area (Å²) in [6.45, 7) is 12.1. The van der Waals surface area contributed by atoms with Crippen molar-refractivity contribution >= 4 is 15.9 Å². The summed E-state index contributed by atoms with van der Waals surface area (Å²) in [5.74, 6) is 0.635. The fourth-order valence-electron chi connectivity index (χ4n) is 5.56. The minimum absolute atomic E-state index is 0.00347. The second-order valence-electron chi connectivity index (χ2n) is 10.6. The number of nitrogens with zero attached hydrogens (tertiary/aromatic N) is 4. The van der Waals surface area contributed by atoms with Gasteiger partial charge in [-0.05, 0) is 95.4 Å². The lowest BCUT2D eigenvalue weighted by molar-refractivity contribution is -0.137. The smallest absolute Gasteiger partial charge is 0.248 e. The van der Waals surface area contributed by atoms with Gasteiger partial charge in [-0.25, -0.2) is 8.42 Å². The van der Waals surface area contributed by atoms with Crippen LogP contribution in [0.25, 0.3) is 0 Å². The molecule has 3 aliphatic rings. The van der Waals surface area contributed by atoms with Gasteiger partial charge in [-0.3, -0.25) is 9.69 Å². The molecular formula is C27H44N4O5S. The summed E-state index contributed by atoms with van der Waals surface area (Å²) in [6, 6.07) is 3.52. The topological polar surface area (TPSA) is 82.6 Å². The van der Waals surface area contributed by atoms with Gasteiger partial charge in [-0.2, -0.15) is 4.31 Å². The second kappa shape index (κ2) is 12.9. The first-order valence-corrected chi connectivity index (χ1v) is 15.2. The van der Waals surface area contributed by atoms with Crippen LogP contribution in [0.4, 0.5) is 0 Å². The monoisotopic (exact) mass is 536 g/mol. The molecule has 0 atom stereocenters. The highest BCUT2D eigenvalue weighted by Gasteiger charge is 2.39. The van der Waals surface area contributed by atoms with E-state index in [1.165, 1.54) is 38.9 Å². The van der Waals surface area contributed by atoms with Crippen LogP contribution in [0.3, 0.4) is 0 Å². The molecule has 1 aromatic carbocycles. The Bertz CT molecular complexity index is 993. The highest BCUT2D eigenvalue weighted by molar-refractivity contribution is 7.89. The van der Waals surface area contributed by atoms with Crippen LogP contribution in [0, 0.1) is 13.8 Å².